The van der Waals surface area contributed by atoms with Crippen LogP contribution < -0.4 is 5.73 Å². The normalized spacial score (nSPS) is 13.3. The predicted molar refractivity (Wildman–Crippen MR) is 118 cm³/mol. The van der Waals surface area contributed by atoms with Gasteiger partial charge in [-0.2, -0.15) is 0 Å². The van der Waals surface area contributed by atoms with Gasteiger partial charge >= 0.3 is 117 Å². The molecule has 3 N–H and O–H groups in total. The van der Waals surface area contributed by atoms with Gasteiger partial charge < -0.3 is 10.8 Å². The van der Waals surface area contributed by atoms with Crippen LogP contribution in [0.15, 0.2) is 0 Å². The quantitative estimate of drug-likeness (QED) is 0.365. The Hall–Kier alpha value is -0.140. The number of hydrogen-bond acceptors (Lipinski definition) is 2. The molecule has 0 aliphatic rings. The van der Waals surface area contributed by atoms with Gasteiger partial charge in [0.15, 0.2) is 0 Å². The fraction of sp³-hybridized carbons (Fsp3) is 0.952. The van der Waals surface area contributed by atoms with Gasteiger partial charge in [-0.1, -0.05) is 13.8 Å². The summed E-state index contributed by atoms with van der Waals surface area (Å²) < 4.78 is 0. The zero-order valence-corrected chi connectivity index (χ0v) is 19.1. The molecule has 0 saturated heterocycles. The molecule has 154 valence electrons. The van der Waals surface area contributed by atoms with Crippen molar-refractivity contribution >= 4 is 13.2 Å². The van der Waals surface area contributed by atoms with Gasteiger partial charge in [-0.15, -0.1) is 0 Å². The van der Waals surface area contributed by atoms with Crippen LogP contribution in [0.2, 0.25) is 0 Å². The molecule has 4 heteroatoms. The zero-order chi connectivity index (χ0) is 19.7. The summed E-state index contributed by atoms with van der Waals surface area (Å²) in [6.07, 6.45) is 18.1. The molecule has 25 heavy (non-hydrogen) atoms. The van der Waals surface area contributed by atoms with Gasteiger partial charge in [-0.05, 0) is 5.92 Å². The third-order valence-corrected chi connectivity index (χ3v) is 10.9. The van der Waals surface area contributed by atoms with E-state index in [9.17, 15) is 4.79 Å². The first-order valence-electron chi connectivity index (χ1n) is 10.8. The summed E-state index contributed by atoms with van der Waals surface area (Å²) in [6, 6.07) is -0.713. The Kier molecular flexibility index (Phi) is 18.7. The van der Waals surface area contributed by atoms with Crippen LogP contribution >= 0.6 is 7.26 Å². The van der Waals surface area contributed by atoms with Crippen molar-refractivity contribution < 1.29 is 9.90 Å². The number of carboxylic acid groups (broad SMARTS) is 1. The molecule has 0 radical (unpaired) electrons. The van der Waals surface area contributed by atoms with Crippen molar-refractivity contribution in [2.45, 2.75) is 99.0 Å². The van der Waals surface area contributed by atoms with Crippen molar-refractivity contribution in [2.24, 2.45) is 11.7 Å². The molecule has 0 aromatic heterocycles. The molecule has 0 heterocycles. The van der Waals surface area contributed by atoms with Crippen LogP contribution in [0.1, 0.15) is 92.9 Å². The fourth-order valence-electron chi connectivity index (χ4n) is 3.24. The molecule has 0 amide bonds. The van der Waals surface area contributed by atoms with Crippen LogP contribution in [-0.4, -0.2) is 41.8 Å². The summed E-state index contributed by atoms with van der Waals surface area (Å²) in [5.74, 6) is -0.910. The number of unbranched alkanes of at least 4 members (excludes halogenated alkanes) is 4. The monoisotopic (exact) mass is 377 g/mol. The van der Waals surface area contributed by atoms with Crippen molar-refractivity contribution in [3.05, 3.63) is 0 Å². The third kappa shape index (κ3) is 14.7. The minimum absolute atomic E-state index is 0.0208. The number of hydrogen-bond donors (Lipinski definition) is 2. The van der Waals surface area contributed by atoms with E-state index in [0.717, 1.165) is 0 Å². The number of carbonyl (C=O) groups is 1. The summed E-state index contributed by atoms with van der Waals surface area (Å²) in [5.41, 5.74) is 5.16. The van der Waals surface area contributed by atoms with Crippen LogP contribution in [-0.2, 0) is 4.79 Å². The summed E-state index contributed by atoms with van der Waals surface area (Å²) in [6.45, 7) is 13.0. The molecule has 3 nitrogen and oxygen atoms in total. The van der Waals surface area contributed by atoms with Crippen molar-refractivity contribution in [1.29, 1.82) is 0 Å². The van der Waals surface area contributed by atoms with E-state index in [2.05, 4.69) is 27.7 Å². The molecule has 0 bridgehead atoms. The Morgan fingerprint density at radius 2 is 1.08 bits per heavy atom. The second kappa shape index (κ2) is 17.3. The Morgan fingerprint density at radius 1 is 0.800 bits per heavy atom. The number of rotatable bonds is 14. The Labute approximate surface area is 158 Å². The van der Waals surface area contributed by atoms with Crippen molar-refractivity contribution in [1.82, 2.24) is 0 Å². The molecule has 0 aromatic rings. The second-order valence-electron chi connectivity index (χ2n) is 8.02. The second-order valence-corrected chi connectivity index (χ2v) is 13.0. The fourth-order valence-corrected chi connectivity index (χ4v) is 9.16. The molecule has 0 aliphatic heterocycles. The van der Waals surface area contributed by atoms with Gasteiger partial charge in [0.2, 0.25) is 0 Å². The number of nitrogens with two attached hydrogens (primary N) is 1. The van der Waals surface area contributed by atoms with Crippen molar-refractivity contribution in [3.63, 3.8) is 0 Å². The molecule has 1 atom stereocenters. The summed E-state index contributed by atoms with van der Waals surface area (Å²) >= 11 is 0. The number of carboxylic acids is 1. The van der Waals surface area contributed by atoms with Gasteiger partial charge in [0.25, 0.3) is 0 Å². The van der Waals surface area contributed by atoms with E-state index >= 15 is 0 Å². The summed E-state index contributed by atoms with van der Waals surface area (Å²) in [7, 11) is -0.879. The molecule has 0 aromatic carbocycles. The average molecular weight is 378 g/mol. The van der Waals surface area contributed by atoms with E-state index < -0.39 is 19.3 Å². The van der Waals surface area contributed by atoms with Crippen LogP contribution in [0.4, 0.5) is 0 Å². The Bertz CT molecular complexity index is 271. The first kappa shape index (κ1) is 27.1. The van der Waals surface area contributed by atoms with E-state index in [1.54, 1.807) is 38.5 Å². The molecular weight excluding hydrogens is 329 g/mol. The van der Waals surface area contributed by atoms with Gasteiger partial charge in [-0.3, -0.25) is 4.79 Å². The minimum atomic E-state index is -0.931. The first-order chi connectivity index (χ1) is 11.8. The standard InChI is InChI=1S/C16H37P.C5H11NO2/c1-5-9-13-17(14-10-6-2,15-11-7-3)16-12-8-4;1-3(2)4(6)5(7)8/h17H,5-16H2,1-4H3;3-4H,6H2,1-2H3,(H,7,8). The zero-order valence-electron chi connectivity index (χ0n) is 18.1. The maximum absolute atomic E-state index is 10.0. The number of aliphatic carboxylic acids is 1. The maximum atomic E-state index is 10.0. The molecule has 0 saturated carbocycles. The molecule has 0 aliphatic carbocycles. The van der Waals surface area contributed by atoms with E-state index in [0.29, 0.717) is 0 Å². The van der Waals surface area contributed by atoms with Crippen LogP contribution in [0, 0.1) is 5.92 Å². The van der Waals surface area contributed by atoms with Crippen molar-refractivity contribution in [3.8, 4) is 0 Å². The summed E-state index contributed by atoms with van der Waals surface area (Å²) in [5, 5.41) is 8.23. The van der Waals surface area contributed by atoms with Gasteiger partial charge in [0.1, 0.15) is 6.04 Å². The molecular formula is C21H48NO2P. The molecule has 0 rings (SSSR count). The molecule has 0 fully saturated rings. The SMILES string of the molecule is CC(C)C(N)C(=O)O.CCCC[PH](CCCC)(CCCC)CCCC. The Morgan fingerprint density at radius 3 is 1.20 bits per heavy atom. The Balaban J connectivity index is 0. The van der Waals surface area contributed by atoms with E-state index in [4.69, 9.17) is 10.8 Å². The molecule has 0 spiro atoms. The van der Waals surface area contributed by atoms with Gasteiger partial charge in [-0.25, -0.2) is 0 Å². The summed E-state index contributed by atoms with van der Waals surface area (Å²) in [4.78, 5) is 10.0. The van der Waals surface area contributed by atoms with Crippen molar-refractivity contribution in [2.75, 3.05) is 24.6 Å². The third-order valence-electron chi connectivity index (χ3n) is 5.25. The first-order valence-corrected chi connectivity index (χ1v) is 13.6. The van der Waals surface area contributed by atoms with E-state index in [1.165, 1.54) is 51.4 Å². The topological polar surface area (TPSA) is 63.3 Å². The van der Waals surface area contributed by atoms with E-state index in [1.807, 2.05) is 0 Å². The van der Waals surface area contributed by atoms with Gasteiger partial charge in [0.05, 0.1) is 0 Å². The van der Waals surface area contributed by atoms with Crippen LogP contribution in [0.5, 0.6) is 0 Å². The average Bonchev–Trinajstić information content (AvgIpc) is 2.60. The van der Waals surface area contributed by atoms with Crippen LogP contribution in [0.25, 0.3) is 0 Å². The predicted octanol–water partition coefficient (Wildman–Crippen LogP) is 5.99. The van der Waals surface area contributed by atoms with Gasteiger partial charge in [0, 0.05) is 0 Å². The van der Waals surface area contributed by atoms with Crippen LogP contribution in [0.3, 0.4) is 0 Å². The van der Waals surface area contributed by atoms with E-state index in [-0.39, 0.29) is 5.92 Å². The molecule has 1 unspecified atom stereocenters.